The maximum absolute atomic E-state index is 13.8. The zero-order valence-corrected chi connectivity index (χ0v) is 11.7. The maximum Gasteiger partial charge on any atom is 0.416 e. The van der Waals surface area contributed by atoms with Crippen molar-refractivity contribution in [1.82, 2.24) is 0 Å². The van der Waals surface area contributed by atoms with E-state index in [1.54, 1.807) is 6.07 Å². The van der Waals surface area contributed by atoms with Crippen LogP contribution in [0.25, 0.3) is 0 Å². The summed E-state index contributed by atoms with van der Waals surface area (Å²) < 4.78 is 52.2. The van der Waals surface area contributed by atoms with Crippen LogP contribution in [0.15, 0.2) is 46.9 Å². The molecule has 1 atom stereocenters. The van der Waals surface area contributed by atoms with Crippen LogP contribution in [0.3, 0.4) is 0 Å². The number of benzene rings is 2. The van der Waals surface area contributed by atoms with Gasteiger partial charge in [0.1, 0.15) is 5.82 Å². The fourth-order valence-corrected chi connectivity index (χ4v) is 2.47. The van der Waals surface area contributed by atoms with Gasteiger partial charge in [0.15, 0.2) is 0 Å². The summed E-state index contributed by atoms with van der Waals surface area (Å²) in [5.41, 5.74) is 5.42. The summed E-state index contributed by atoms with van der Waals surface area (Å²) in [6.07, 6.45) is -4.46. The molecule has 0 heterocycles. The third kappa shape index (κ3) is 3.02. The molecule has 1 nitrogen and oxygen atoms in total. The highest BCUT2D eigenvalue weighted by Crippen LogP contribution is 2.33. The molecule has 0 saturated carbocycles. The van der Waals surface area contributed by atoms with Crippen LogP contribution in [0.2, 0.25) is 0 Å². The highest BCUT2D eigenvalue weighted by molar-refractivity contribution is 9.10. The summed E-state index contributed by atoms with van der Waals surface area (Å²) in [4.78, 5) is 0. The van der Waals surface area contributed by atoms with Crippen molar-refractivity contribution in [1.29, 1.82) is 0 Å². The number of alkyl halides is 3. The molecule has 0 aliphatic heterocycles. The first-order chi connectivity index (χ1) is 9.30. The Balaban J connectivity index is 2.46. The Hall–Kier alpha value is -1.40. The Morgan fingerprint density at radius 3 is 2.30 bits per heavy atom. The Kier molecular flexibility index (Phi) is 4.15. The lowest BCUT2D eigenvalue weighted by Crippen LogP contribution is -2.15. The molecule has 0 spiro atoms. The van der Waals surface area contributed by atoms with Crippen LogP contribution >= 0.6 is 15.9 Å². The molecule has 6 heteroatoms. The second kappa shape index (κ2) is 5.54. The van der Waals surface area contributed by atoms with Crippen LogP contribution in [-0.2, 0) is 6.18 Å². The van der Waals surface area contributed by atoms with Gasteiger partial charge in [0.25, 0.3) is 0 Å². The predicted octanol–water partition coefficient (Wildman–Crippen LogP) is 4.66. The van der Waals surface area contributed by atoms with E-state index in [0.717, 1.165) is 12.1 Å². The van der Waals surface area contributed by atoms with Gasteiger partial charge in [-0.2, -0.15) is 13.2 Å². The molecule has 0 aliphatic carbocycles. The molecule has 2 aromatic rings. The van der Waals surface area contributed by atoms with E-state index in [1.165, 1.54) is 24.3 Å². The van der Waals surface area contributed by atoms with Crippen molar-refractivity contribution in [2.45, 2.75) is 12.2 Å². The highest BCUT2D eigenvalue weighted by Gasteiger charge is 2.31. The Labute approximate surface area is 121 Å². The molecule has 0 radical (unpaired) electrons. The molecule has 2 N–H and O–H groups in total. The zero-order valence-electron chi connectivity index (χ0n) is 10.1. The van der Waals surface area contributed by atoms with Crippen molar-refractivity contribution in [3.63, 3.8) is 0 Å². The molecule has 0 saturated heterocycles. The van der Waals surface area contributed by atoms with Crippen LogP contribution in [-0.4, -0.2) is 0 Å². The first-order valence-corrected chi connectivity index (χ1v) is 6.46. The molecule has 0 fully saturated rings. The van der Waals surface area contributed by atoms with Crippen molar-refractivity contribution in [3.8, 4) is 0 Å². The molecule has 0 bridgehead atoms. The maximum atomic E-state index is 13.8. The number of hydrogen-bond acceptors (Lipinski definition) is 1. The molecule has 20 heavy (non-hydrogen) atoms. The lowest BCUT2D eigenvalue weighted by molar-refractivity contribution is -0.137. The molecular weight excluding hydrogens is 338 g/mol. The molecule has 0 amide bonds. The summed E-state index contributed by atoms with van der Waals surface area (Å²) in [5.74, 6) is -0.565. The first kappa shape index (κ1) is 15.0. The SMILES string of the molecule is NC(c1cccc(C(F)(F)F)c1)c1c(F)cccc1Br. The van der Waals surface area contributed by atoms with Gasteiger partial charge in [-0.3, -0.25) is 0 Å². The van der Waals surface area contributed by atoms with Gasteiger partial charge < -0.3 is 5.73 Å². The average Bonchev–Trinajstić information content (AvgIpc) is 2.37. The van der Waals surface area contributed by atoms with Gasteiger partial charge in [-0.25, -0.2) is 4.39 Å². The largest absolute Gasteiger partial charge is 0.416 e. The third-order valence-electron chi connectivity index (χ3n) is 2.88. The molecule has 0 aliphatic rings. The minimum atomic E-state index is -4.46. The van der Waals surface area contributed by atoms with Crippen molar-refractivity contribution in [2.24, 2.45) is 5.73 Å². The van der Waals surface area contributed by atoms with Crippen LogP contribution in [0.1, 0.15) is 22.7 Å². The monoisotopic (exact) mass is 347 g/mol. The topological polar surface area (TPSA) is 26.0 Å². The van der Waals surface area contributed by atoms with Gasteiger partial charge in [0.05, 0.1) is 11.6 Å². The average molecular weight is 348 g/mol. The van der Waals surface area contributed by atoms with Gasteiger partial charge in [-0.15, -0.1) is 0 Å². The van der Waals surface area contributed by atoms with Crippen molar-refractivity contribution in [3.05, 3.63) is 69.4 Å². The quantitative estimate of drug-likeness (QED) is 0.786. The predicted molar refractivity (Wildman–Crippen MR) is 71.6 cm³/mol. The van der Waals surface area contributed by atoms with Crippen LogP contribution < -0.4 is 5.73 Å². The van der Waals surface area contributed by atoms with E-state index in [9.17, 15) is 17.6 Å². The number of nitrogens with two attached hydrogens (primary N) is 1. The third-order valence-corrected chi connectivity index (χ3v) is 3.58. The van der Waals surface area contributed by atoms with E-state index in [-0.39, 0.29) is 11.1 Å². The van der Waals surface area contributed by atoms with Crippen LogP contribution in [0.5, 0.6) is 0 Å². The van der Waals surface area contributed by atoms with E-state index < -0.39 is 23.6 Å². The molecule has 2 aromatic carbocycles. The minimum Gasteiger partial charge on any atom is -0.320 e. The molecule has 0 aromatic heterocycles. The Bertz CT molecular complexity index is 605. The summed E-state index contributed by atoms with van der Waals surface area (Å²) in [6.45, 7) is 0. The lowest BCUT2D eigenvalue weighted by Gasteiger charge is -2.17. The fraction of sp³-hybridized carbons (Fsp3) is 0.143. The molecular formula is C14H10BrF4N. The summed E-state index contributed by atoms with van der Waals surface area (Å²) in [7, 11) is 0. The first-order valence-electron chi connectivity index (χ1n) is 5.67. The van der Waals surface area contributed by atoms with Gasteiger partial charge >= 0.3 is 6.18 Å². The summed E-state index contributed by atoms with van der Waals surface area (Å²) in [5, 5.41) is 0. The smallest absolute Gasteiger partial charge is 0.320 e. The lowest BCUT2D eigenvalue weighted by atomic mass is 9.97. The van der Waals surface area contributed by atoms with Gasteiger partial charge in [0, 0.05) is 10.0 Å². The number of halogens is 5. The van der Waals surface area contributed by atoms with Crippen molar-refractivity contribution in [2.75, 3.05) is 0 Å². The Morgan fingerprint density at radius 2 is 1.70 bits per heavy atom. The van der Waals surface area contributed by atoms with E-state index in [0.29, 0.717) is 4.47 Å². The summed E-state index contributed by atoms with van der Waals surface area (Å²) in [6, 6.07) is 7.90. The number of rotatable bonds is 2. The van der Waals surface area contributed by atoms with E-state index in [1.807, 2.05) is 0 Å². The normalized spacial score (nSPS) is 13.3. The van der Waals surface area contributed by atoms with Crippen molar-refractivity contribution >= 4 is 15.9 Å². The van der Waals surface area contributed by atoms with Gasteiger partial charge in [-0.1, -0.05) is 34.1 Å². The van der Waals surface area contributed by atoms with E-state index in [2.05, 4.69) is 15.9 Å². The van der Waals surface area contributed by atoms with Crippen LogP contribution in [0, 0.1) is 5.82 Å². The minimum absolute atomic E-state index is 0.131. The van der Waals surface area contributed by atoms with Crippen LogP contribution in [0.4, 0.5) is 17.6 Å². The van der Waals surface area contributed by atoms with E-state index >= 15 is 0 Å². The Morgan fingerprint density at radius 1 is 1.05 bits per heavy atom. The standard InChI is InChI=1S/C14H10BrF4N/c15-10-5-2-6-11(16)12(10)13(20)8-3-1-4-9(7-8)14(17,18)19/h1-7,13H,20H2. The highest BCUT2D eigenvalue weighted by atomic mass is 79.9. The second-order valence-electron chi connectivity index (χ2n) is 4.24. The summed E-state index contributed by atoms with van der Waals surface area (Å²) >= 11 is 3.16. The zero-order chi connectivity index (χ0) is 14.9. The van der Waals surface area contributed by atoms with Gasteiger partial charge in [-0.05, 0) is 29.8 Å². The number of hydrogen-bond donors (Lipinski definition) is 1. The van der Waals surface area contributed by atoms with Crippen molar-refractivity contribution < 1.29 is 17.6 Å². The molecule has 2 rings (SSSR count). The molecule has 106 valence electrons. The van der Waals surface area contributed by atoms with Gasteiger partial charge in [0.2, 0.25) is 0 Å². The molecule has 1 unspecified atom stereocenters. The second-order valence-corrected chi connectivity index (χ2v) is 5.09. The van der Waals surface area contributed by atoms with E-state index in [4.69, 9.17) is 5.73 Å². The fourth-order valence-electron chi connectivity index (χ4n) is 1.88.